The number of fused-ring (bicyclic) bond motifs is 1. The number of hydrogen-bond donors (Lipinski definition) is 1. The summed E-state index contributed by atoms with van der Waals surface area (Å²) in [6, 6.07) is 11.8. The van der Waals surface area contributed by atoms with Gasteiger partial charge in [0.2, 0.25) is 0 Å². The summed E-state index contributed by atoms with van der Waals surface area (Å²) in [5.74, 6) is -0.401. The Morgan fingerprint density at radius 2 is 1.97 bits per heavy atom. The maximum absolute atomic E-state index is 12.2. The van der Waals surface area contributed by atoms with Gasteiger partial charge in [0.15, 0.2) is 6.61 Å². The van der Waals surface area contributed by atoms with E-state index in [-0.39, 0.29) is 12.2 Å². The number of nitro benzene ring substituents is 1. The van der Waals surface area contributed by atoms with Crippen molar-refractivity contribution in [3.05, 3.63) is 64.0 Å². The van der Waals surface area contributed by atoms with Crippen molar-refractivity contribution in [2.24, 2.45) is 0 Å². The number of nitrogens with one attached hydrogen (secondary N) is 1. The van der Waals surface area contributed by atoms with Crippen molar-refractivity contribution in [2.75, 3.05) is 11.9 Å². The van der Waals surface area contributed by atoms with Gasteiger partial charge < -0.3 is 14.6 Å². The summed E-state index contributed by atoms with van der Waals surface area (Å²) in [6.07, 6.45) is 0.647. The number of para-hydroxylation sites is 2. The van der Waals surface area contributed by atoms with Crippen LogP contribution in [0.2, 0.25) is 0 Å². The number of hydrogen-bond acceptors (Lipinski definition) is 6. The molecule has 1 aromatic heterocycles. The zero-order chi connectivity index (χ0) is 21.0. The van der Waals surface area contributed by atoms with Crippen LogP contribution in [-0.4, -0.2) is 33.0 Å². The van der Waals surface area contributed by atoms with Crippen LogP contribution in [0.4, 0.5) is 11.4 Å². The fourth-order valence-corrected chi connectivity index (χ4v) is 3.04. The van der Waals surface area contributed by atoms with Gasteiger partial charge in [0.1, 0.15) is 12.4 Å². The van der Waals surface area contributed by atoms with Crippen LogP contribution in [0.1, 0.15) is 18.3 Å². The second kappa shape index (κ2) is 8.51. The number of carbonyl (C=O) groups excluding carboxylic acids is 2. The molecule has 0 aliphatic rings. The van der Waals surface area contributed by atoms with Crippen LogP contribution in [0.3, 0.4) is 0 Å². The van der Waals surface area contributed by atoms with Crippen LogP contribution in [0.15, 0.2) is 42.5 Å². The van der Waals surface area contributed by atoms with E-state index in [4.69, 9.17) is 4.74 Å². The number of aromatic nitrogens is 2. The first-order chi connectivity index (χ1) is 13.9. The van der Waals surface area contributed by atoms with Gasteiger partial charge in [-0.2, -0.15) is 0 Å². The Morgan fingerprint density at radius 1 is 1.21 bits per heavy atom. The number of anilines is 1. The molecule has 2 aromatic carbocycles. The van der Waals surface area contributed by atoms with Crippen molar-refractivity contribution in [2.45, 2.75) is 26.8 Å². The highest BCUT2D eigenvalue weighted by molar-refractivity contribution is 5.94. The summed E-state index contributed by atoms with van der Waals surface area (Å²) in [5, 5.41) is 13.5. The van der Waals surface area contributed by atoms with Crippen molar-refractivity contribution in [1.29, 1.82) is 0 Å². The minimum absolute atomic E-state index is 0.0627. The summed E-state index contributed by atoms with van der Waals surface area (Å²) in [6.45, 7) is 2.93. The van der Waals surface area contributed by atoms with E-state index in [0.717, 1.165) is 16.9 Å². The van der Waals surface area contributed by atoms with Crippen LogP contribution in [-0.2, 0) is 27.3 Å². The van der Waals surface area contributed by atoms with Gasteiger partial charge in [-0.15, -0.1) is 0 Å². The summed E-state index contributed by atoms with van der Waals surface area (Å²) in [4.78, 5) is 39.3. The summed E-state index contributed by atoms with van der Waals surface area (Å²) in [7, 11) is 0. The van der Waals surface area contributed by atoms with Gasteiger partial charge in [-0.05, 0) is 25.1 Å². The van der Waals surface area contributed by atoms with E-state index >= 15 is 0 Å². The van der Waals surface area contributed by atoms with Crippen LogP contribution < -0.4 is 5.32 Å². The number of aryl methyl sites for hydroxylation is 1. The molecule has 3 aromatic rings. The lowest BCUT2D eigenvalue weighted by molar-refractivity contribution is -0.385. The monoisotopic (exact) mass is 396 g/mol. The van der Waals surface area contributed by atoms with Crippen LogP contribution in [0.5, 0.6) is 0 Å². The van der Waals surface area contributed by atoms with Gasteiger partial charge in [-0.25, -0.2) is 4.98 Å². The number of amides is 1. The number of nitrogens with zero attached hydrogens (tertiary/aromatic N) is 3. The highest BCUT2D eigenvalue weighted by Crippen LogP contribution is 2.25. The number of ether oxygens (including phenoxy) is 1. The third-order valence-electron chi connectivity index (χ3n) is 4.48. The van der Waals surface area contributed by atoms with Crippen LogP contribution in [0, 0.1) is 17.0 Å². The Labute approximate surface area is 166 Å². The fourth-order valence-electron chi connectivity index (χ4n) is 3.04. The normalized spacial score (nSPS) is 10.7. The molecule has 0 aliphatic carbocycles. The third-order valence-corrected chi connectivity index (χ3v) is 4.48. The topological polar surface area (TPSA) is 116 Å². The summed E-state index contributed by atoms with van der Waals surface area (Å²) < 4.78 is 6.85. The Morgan fingerprint density at radius 3 is 2.69 bits per heavy atom. The summed E-state index contributed by atoms with van der Waals surface area (Å²) in [5.41, 5.74) is 2.14. The third kappa shape index (κ3) is 4.40. The minimum Gasteiger partial charge on any atom is -0.454 e. The molecule has 0 atom stereocenters. The zero-order valence-corrected chi connectivity index (χ0v) is 16.0. The molecule has 0 saturated carbocycles. The number of rotatable bonds is 7. The molecule has 0 bridgehead atoms. The lowest BCUT2D eigenvalue weighted by atomic mass is 10.1. The molecule has 29 heavy (non-hydrogen) atoms. The fraction of sp³-hybridized carbons (Fsp3) is 0.250. The molecule has 9 nitrogen and oxygen atoms in total. The van der Waals surface area contributed by atoms with Crippen LogP contribution in [0.25, 0.3) is 11.0 Å². The molecule has 0 unspecified atom stereocenters. The van der Waals surface area contributed by atoms with Gasteiger partial charge in [0.05, 0.1) is 27.2 Å². The maximum Gasteiger partial charge on any atom is 0.326 e. The van der Waals surface area contributed by atoms with E-state index in [1.165, 1.54) is 19.1 Å². The van der Waals surface area contributed by atoms with E-state index < -0.39 is 23.4 Å². The molecule has 3 rings (SSSR count). The van der Waals surface area contributed by atoms with E-state index in [2.05, 4.69) is 10.3 Å². The lowest BCUT2D eigenvalue weighted by Gasteiger charge is -2.10. The average Bonchev–Trinajstić information content (AvgIpc) is 3.05. The van der Waals surface area contributed by atoms with Gasteiger partial charge in [0, 0.05) is 12.5 Å². The van der Waals surface area contributed by atoms with E-state index in [9.17, 15) is 19.7 Å². The molecule has 0 radical (unpaired) electrons. The summed E-state index contributed by atoms with van der Waals surface area (Å²) >= 11 is 0. The van der Waals surface area contributed by atoms with Gasteiger partial charge in [-0.1, -0.05) is 25.1 Å². The largest absolute Gasteiger partial charge is 0.454 e. The Balaban J connectivity index is 1.62. The Hall–Kier alpha value is -3.75. The first-order valence-corrected chi connectivity index (χ1v) is 9.04. The van der Waals surface area contributed by atoms with E-state index in [0.29, 0.717) is 17.7 Å². The van der Waals surface area contributed by atoms with E-state index in [1.807, 2.05) is 31.2 Å². The number of carbonyl (C=O) groups is 2. The maximum atomic E-state index is 12.2. The molecule has 1 amide bonds. The molecule has 150 valence electrons. The van der Waals surface area contributed by atoms with Crippen molar-refractivity contribution in [1.82, 2.24) is 9.55 Å². The van der Waals surface area contributed by atoms with Gasteiger partial charge in [-0.3, -0.25) is 19.7 Å². The lowest BCUT2D eigenvalue weighted by Crippen LogP contribution is -2.23. The highest BCUT2D eigenvalue weighted by Gasteiger charge is 2.17. The van der Waals surface area contributed by atoms with Gasteiger partial charge in [0.25, 0.3) is 11.6 Å². The first kappa shape index (κ1) is 20.0. The smallest absolute Gasteiger partial charge is 0.326 e. The van der Waals surface area contributed by atoms with Crippen molar-refractivity contribution in [3.63, 3.8) is 0 Å². The Kier molecular flexibility index (Phi) is 5.87. The minimum atomic E-state index is -0.576. The zero-order valence-electron chi connectivity index (χ0n) is 16.0. The molecule has 0 fully saturated rings. The van der Waals surface area contributed by atoms with Crippen LogP contribution >= 0.6 is 0 Å². The second-order valence-electron chi connectivity index (χ2n) is 6.37. The van der Waals surface area contributed by atoms with E-state index in [1.54, 1.807) is 10.6 Å². The molecule has 1 heterocycles. The Bertz CT molecular complexity index is 1090. The highest BCUT2D eigenvalue weighted by atomic mass is 16.6. The molecule has 1 N–H and O–H groups in total. The number of esters is 1. The molecule has 0 spiro atoms. The predicted octanol–water partition coefficient (Wildman–Crippen LogP) is 3.00. The average molecular weight is 396 g/mol. The van der Waals surface area contributed by atoms with Gasteiger partial charge >= 0.3 is 5.97 Å². The SMILES string of the molecule is CCc1nc2ccccc2n1CC(=O)OCC(=O)Nc1cccc([N+](=O)[O-])c1C. The standard InChI is InChI=1S/C20H20N4O5/c1-3-18-21-15-7-4-5-9-17(15)23(18)11-20(26)29-12-19(25)22-14-8-6-10-16(13(14)2)24(27)28/h4-10H,3,11-12H2,1-2H3,(H,22,25). The first-order valence-electron chi connectivity index (χ1n) is 9.04. The number of imidazole rings is 1. The predicted molar refractivity (Wildman–Crippen MR) is 107 cm³/mol. The molecule has 9 heteroatoms. The molecule has 0 aliphatic heterocycles. The molecular formula is C20H20N4O5. The number of benzene rings is 2. The van der Waals surface area contributed by atoms with Crippen molar-refractivity contribution in [3.8, 4) is 0 Å². The quantitative estimate of drug-likeness (QED) is 0.373. The van der Waals surface area contributed by atoms with Crippen molar-refractivity contribution < 1.29 is 19.2 Å². The second-order valence-corrected chi connectivity index (χ2v) is 6.37. The van der Waals surface area contributed by atoms with Crippen molar-refractivity contribution >= 4 is 34.3 Å². The molecule has 0 saturated heterocycles. The molecular weight excluding hydrogens is 376 g/mol. The number of nitro groups is 1.